The van der Waals surface area contributed by atoms with E-state index in [1.54, 1.807) is 0 Å². The summed E-state index contributed by atoms with van der Waals surface area (Å²) in [6.45, 7) is 10.4. The standard InChI is InChI=1S/C17H28N2O/c1-14(2)13-19(12-8-11-18)16(20)17(3,4)15-9-6-5-7-10-15/h5-7,9-10,14H,8,11-13,18H2,1-4H3. The van der Waals surface area contributed by atoms with E-state index in [9.17, 15) is 4.79 Å². The predicted molar refractivity (Wildman–Crippen MR) is 84.6 cm³/mol. The van der Waals surface area contributed by atoms with E-state index in [2.05, 4.69) is 13.8 Å². The number of amides is 1. The van der Waals surface area contributed by atoms with E-state index in [4.69, 9.17) is 5.73 Å². The van der Waals surface area contributed by atoms with Crippen LogP contribution in [0.1, 0.15) is 39.7 Å². The zero-order valence-electron chi connectivity index (χ0n) is 13.2. The fraction of sp³-hybridized carbons (Fsp3) is 0.588. The van der Waals surface area contributed by atoms with Crippen LogP contribution in [0.15, 0.2) is 30.3 Å². The summed E-state index contributed by atoms with van der Waals surface area (Å²) in [6.07, 6.45) is 0.851. The first-order valence-electron chi connectivity index (χ1n) is 7.44. The van der Waals surface area contributed by atoms with Crippen LogP contribution in [-0.2, 0) is 10.2 Å². The summed E-state index contributed by atoms with van der Waals surface area (Å²) in [5, 5.41) is 0. The fourth-order valence-corrected chi connectivity index (χ4v) is 2.37. The Balaban J connectivity index is 2.92. The minimum absolute atomic E-state index is 0.186. The lowest BCUT2D eigenvalue weighted by Crippen LogP contribution is -2.45. The number of hydrogen-bond acceptors (Lipinski definition) is 2. The van der Waals surface area contributed by atoms with Gasteiger partial charge in [0.15, 0.2) is 0 Å². The molecule has 0 atom stereocenters. The van der Waals surface area contributed by atoms with Gasteiger partial charge in [-0.25, -0.2) is 0 Å². The molecule has 1 amide bonds. The number of carbonyl (C=O) groups excluding carboxylic acids is 1. The molecular weight excluding hydrogens is 248 g/mol. The van der Waals surface area contributed by atoms with Crippen molar-refractivity contribution in [1.29, 1.82) is 0 Å². The van der Waals surface area contributed by atoms with Crippen molar-refractivity contribution in [3.63, 3.8) is 0 Å². The van der Waals surface area contributed by atoms with Gasteiger partial charge in [0.1, 0.15) is 0 Å². The normalized spacial score (nSPS) is 11.7. The molecule has 1 aromatic rings. The summed E-state index contributed by atoms with van der Waals surface area (Å²) in [5.41, 5.74) is 6.16. The van der Waals surface area contributed by atoms with Crippen molar-refractivity contribution in [3.8, 4) is 0 Å². The highest BCUT2D eigenvalue weighted by Gasteiger charge is 2.33. The Morgan fingerprint density at radius 3 is 2.35 bits per heavy atom. The number of hydrogen-bond donors (Lipinski definition) is 1. The lowest BCUT2D eigenvalue weighted by molar-refractivity contribution is -0.136. The maximum atomic E-state index is 12.9. The molecule has 112 valence electrons. The molecule has 0 spiro atoms. The lowest BCUT2D eigenvalue weighted by atomic mass is 9.83. The van der Waals surface area contributed by atoms with Gasteiger partial charge in [0.25, 0.3) is 0 Å². The second kappa shape index (κ2) is 7.44. The quantitative estimate of drug-likeness (QED) is 0.832. The fourth-order valence-electron chi connectivity index (χ4n) is 2.37. The molecule has 0 aliphatic carbocycles. The maximum Gasteiger partial charge on any atom is 0.232 e. The number of carbonyl (C=O) groups is 1. The summed E-state index contributed by atoms with van der Waals surface area (Å²) < 4.78 is 0. The van der Waals surface area contributed by atoms with Gasteiger partial charge < -0.3 is 10.6 Å². The van der Waals surface area contributed by atoms with Crippen molar-refractivity contribution in [3.05, 3.63) is 35.9 Å². The van der Waals surface area contributed by atoms with Crippen LogP contribution < -0.4 is 5.73 Å². The van der Waals surface area contributed by atoms with Crippen LogP contribution in [0.4, 0.5) is 0 Å². The van der Waals surface area contributed by atoms with Gasteiger partial charge in [0.2, 0.25) is 5.91 Å². The second-order valence-corrected chi connectivity index (χ2v) is 6.28. The molecule has 0 bridgehead atoms. The van der Waals surface area contributed by atoms with E-state index in [0.29, 0.717) is 12.5 Å². The molecule has 0 aromatic heterocycles. The summed E-state index contributed by atoms with van der Waals surface area (Å²) in [7, 11) is 0. The molecule has 0 saturated carbocycles. The van der Waals surface area contributed by atoms with Gasteiger partial charge in [-0.3, -0.25) is 4.79 Å². The van der Waals surface area contributed by atoms with Crippen LogP contribution in [-0.4, -0.2) is 30.4 Å². The lowest BCUT2D eigenvalue weighted by Gasteiger charge is -2.33. The average molecular weight is 276 g/mol. The summed E-state index contributed by atoms with van der Waals surface area (Å²) >= 11 is 0. The van der Waals surface area contributed by atoms with Crippen LogP contribution >= 0.6 is 0 Å². The van der Waals surface area contributed by atoms with Gasteiger partial charge in [-0.2, -0.15) is 0 Å². The van der Waals surface area contributed by atoms with Crippen LogP contribution in [0.3, 0.4) is 0 Å². The molecule has 0 aliphatic heterocycles. The molecule has 3 heteroatoms. The Morgan fingerprint density at radius 1 is 1.25 bits per heavy atom. The molecule has 1 rings (SSSR count). The first kappa shape index (κ1) is 16.7. The van der Waals surface area contributed by atoms with E-state index in [1.807, 2.05) is 49.1 Å². The van der Waals surface area contributed by atoms with E-state index < -0.39 is 5.41 Å². The minimum Gasteiger partial charge on any atom is -0.342 e. The molecule has 0 heterocycles. The molecule has 2 N–H and O–H groups in total. The Morgan fingerprint density at radius 2 is 1.85 bits per heavy atom. The average Bonchev–Trinajstić information content (AvgIpc) is 2.43. The van der Waals surface area contributed by atoms with Crippen molar-refractivity contribution >= 4 is 5.91 Å². The van der Waals surface area contributed by atoms with Gasteiger partial charge >= 0.3 is 0 Å². The third kappa shape index (κ3) is 4.34. The Bertz CT molecular complexity index is 412. The van der Waals surface area contributed by atoms with Gasteiger partial charge in [0, 0.05) is 13.1 Å². The van der Waals surface area contributed by atoms with Gasteiger partial charge in [0.05, 0.1) is 5.41 Å². The first-order valence-corrected chi connectivity index (χ1v) is 7.44. The van der Waals surface area contributed by atoms with Crippen LogP contribution in [0.5, 0.6) is 0 Å². The van der Waals surface area contributed by atoms with E-state index in [-0.39, 0.29) is 5.91 Å². The zero-order valence-corrected chi connectivity index (χ0v) is 13.2. The summed E-state index contributed by atoms with van der Waals surface area (Å²) in [5.74, 6) is 0.647. The molecule has 0 unspecified atom stereocenters. The largest absolute Gasteiger partial charge is 0.342 e. The number of benzene rings is 1. The molecular formula is C17H28N2O. The summed E-state index contributed by atoms with van der Waals surface area (Å²) in [4.78, 5) is 14.9. The summed E-state index contributed by atoms with van der Waals surface area (Å²) in [6, 6.07) is 9.99. The van der Waals surface area contributed by atoms with Crippen LogP contribution in [0.25, 0.3) is 0 Å². The molecule has 0 saturated heterocycles. The second-order valence-electron chi connectivity index (χ2n) is 6.28. The molecule has 0 fully saturated rings. The monoisotopic (exact) mass is 276 g/mol. The predicted octanol–water partition coefficient (Wildman–Crippen LogP) is 2.80. The van der Waals surface area contributed by atoms with Crippen molar-refractivity contribution in [2.75, 3.05) is 19.6 Å². The van der Waals surface area contributed by atoms with Gasteiger partial charge in [-0.05, 0) is 38.3 Å². The Labute approximate surface area is 123 Å². The highest BCUT2D eigenvalue weighted by molar-refractivity contribution is 5.87. The van der Waals surface area contributed by atoms with E-state index in [0.717, 1.165) is 25.1 Å². The smallest absolute Gasteiger partial charge is 0.232 e. The molecule has 20 heavy (non-hydrogen) atoms. The highest BCUT2D eigenvalue weighted by atomic mass is 16.2. The van der Waals surface area contributed by atoms with Crippen molar-refractivity contribution < 1.29 is 4.79 Å². The third-order valence-electron chi connectivity index (χ3n) is 3.54. The molecule has 0 radical (unpaired) electrons. The van der Waals surface area contributed by atoms with Gasteiger partial charge in [-0.1, -0.05) is 44.2 Å². The highest BCUT2D eigenvalue weighted by Crippen LogP contribution is 2.26. The first-order chi connectivity index (χ1) is 9.39. The zero-order chi connectivity index (χ0) is 15.2. The molecule has 1 aromatic carbocycles. The SMILES string of the molecule is CC(C)CN(CCCN)C(=O)C(C)(C)c1ccccc1. The van der Waals surface area contributed by atoms with E-state index >= 15 is 0 Å². The van der Waals surface area contributed by atoms with Crippen molar-refractivity contribution in [2.45, 2.75) is 39.5 Å². The molecule has 0 aliphatic rings. The third-order valence-corrected chi connectivity index (χ3v) is 3.54. The topological polar surface area (TPSA) is 46.3 Å². The van der Waals surface area contributed by atoms with Crippen LogP contribution in [0.2, 0.25) is 0 Å². The number of nitrogens with zero attached hydrogens (tertiary/aromatic N) is 1. The molecule has 3 nitrogen and oxygen atoms in total. The van der Waals surface area contributed by atoms with Gasteiger partial charge in [-0.15, -0.1) is 0 Å². The van der Waals surface area contributed by atoms with Crippen molar-refractivity contribution in [2.24, 2.45) is 11.7 Å². The van der Waals surface area contributed by atoms with E-state index in [1.165, 1.54) is 0 Å². The number of nitrogens with two attached hydrogens (primary N) is 1. The van der Waals surface area contributed by atoms with Crippen molar-refractivity contribution in [1.82, 2.24) is 4.90 Å². The Kier molecular flexibility index (Phi) is 6.21. The number of rotatable bonds is 7. The minimum atomic E-state index is -0.495. The Hall–Kier alpha value is -1.35. The van der Waals surface area contributed by atoms with Crippen LogP contribution in [0, 0.1) is 5.92 Å². The maximum absolute atomic E-state index is 12.9.